The molecular formula is C17H17ClFN. The average Bonchev–Trinajstić information content (AvgIpc) is 2.39. The van der Waals surface area contributed by atoms with E-state index in [9.17, 15) is 4.39 Å². The van der Waals surface area contributed by atoms with E-state index in [2.05, 4.69) is 11.4 Å². The predicted molar refractivity (Wildman–Crippen MR) is 80.5 cm³/mol. The highest BCUT2D eigenvalue weighted by atomic mass is 35.5. The molecule has 1 saturated carbocycles. The highest BCUT2D eigenvalue weighted by Crippen LogP contribution is 2.38. The molecule has 104 valence electrons. The fourth-order valence-corrected chi connectivity index (χ4v) is 2.97. The SMILES string of the molecule is Fc1ccccc1C1CC(NCc2cccc(Cl)c2)C1. The standard InChI is InChI=1S/C17H17ClFN/c18-14-5-3-4-12(8-14)11-20-15-9-13(10-15)16-6-1-2-7-17(16)19/h1-8,13,15,20H,9-11H2. The van der Waals surface area contributed by atoms with E-state index in [0.717, 1.165) is 30.0 Å². The number of hydrogen-bond acceptors (Lipinski definition) is 1. The van der Waals surface area contributed by atoms with Crippen LogP contribution in [0.15, 0.2) is 48.5 Å². The van der Waals surface area contributed by atoms with E-state index in [4.69, 9.17) is 11.6 Å². The van der Waals surface area contributed by atoms with Crippen molar-refractivity contribution in [3.63, 3.8) is 0 Å². The zero-order chi connectivity index (χ0) is 13.9. The van der Waals surface area contributed by atoms with Gasteiger partial charge in [-0.05, 0) is 48.1 Å². The van der Waals surface area contributed by atoms with Crippen molar-refractivity contribution in [1.82, 2.24) is 5.32 Å². The summed E-state index contributed by atoms with van der Waals surface area (Å²) < 4.78 is 13.6. The molecule has 0 aliphatic heterocycles. The first-order valence-corrected chi connectivity index (χ1v) is 7.32. The van der Waals surface area contributed by atoms with Crippen molar-refractivity contribution in [1.29, 1.82) is 0 Å². The first-order chi connectivity index (χ1) is 9.72. The van der Waals surface area contributed by atoms with Crippen LogP contribution in [0.3, 0.4) is 0 Å². The van der Waals surface area contributed by atoms with E-state index in [1.165, 1.54) is 5.56 Å². The van der Waals surface area contributed by atoms with Gasteiger partial charge in [-0.2, -0.15) is 0 Å². The second-order valence-corrected chi connectivity index (χ2v) is 5.83. The van der Waals surface area contributed by atoms with Crippen LogP contribution in [0.25, 0.3) is 0 Å². The van der Waals surface area contributed by atoms with Crippen molar-refractivity contribution in [2.24, 2.45) is 0 Å². The number of nitrogens with one attached hydrogen (secondary N) is 1. The Labute approximate surface area is 123 Å². The third-order valence-electron chi connectivity index (χ3n) is 3.97. The molecule has 0 aromatic heterocycles. The molecule has 0 unspecified atom stereocenters. The minimum Gasteiger partial charge on any atom is -0.310 e. The molecule has 0 saturated heterocycles. The topological polar surface area (TPSA) is 12.0 Å². The van der Waals surface area contributed by atoms with Gasteiger partial charge in [0.1, 0.15) is 5.82 Å². The van der Waals surface area contributed by atoms with E-state index in [0.29, 0.717) is 12.0 Å². The molecule has 0 amide bonds. The first-order valence-electron chi connectivity index (χ1n) is 6.94. The lowest BCUT2D eigenvalue weighted by atomic mass is 9.75. The van der Waals surface area contributed by atoms with Gasteiger partial charge in [0.05, 0.1) is 0 Å². The van der Waals surface area contributed by atoms with Gasteiger partial charge in [0.2, 0.25) is 0 Å². The van der Waals surface area contributed by atoms with Gasteiger partial charge in [0, 0.05) is 17.6 Å². The van der Waals surface area contributed by atoms with Gasteiger partial charge in [0.15, 0.2) is 0 Å². The molecule has 20 heavy (non-hydrogen) atoms. The summed E-state index contributed by atoms with van der Waals surface area (Å²) in [6.07, 6.45) is 2.00. The van der Waals surface area contributed by atoms with Crippen LogP contribution in [0.1, 0.15) is 29.9 Å². The molecule has 1 aliphatic carbocycles. The summed E-state index contributed by atoms with van der Waals surface area (Å²) in [4.78, 5) is 0. The van der Waals surface area contributed by atoms with Crippen LogP contribution in [-0.2, 0) is 6.54 Å². The lowest BCUT2D eigenvalue weighted by Gasteiger charge is -2.36. The van der Waals surface area contributed by atoms with E-state index >= 15 is 0 Å². The molecule has 0 atom stereocenters. The Bertz CT molecular complexity index is 593. The van der Waals surface area contributed by atoms with Crippen molar-refractivity contribution in [3.8, 4) is 0 Å². The van der Waals surface area contributed by atoms with Crippen LogP contribution in [0.5, 0.6) is 0 Å². The molecule has 0 radical (unpaired) electrons. The quantitative estimate of drug-likeness (QED) is 0.873. The molecule has 1 fully saturated rings. The van der Waals surface area contributed by atoms with E-state index in [1.54, 1.807) is 12.1 Å². The van der Waals surface area contributed by atoms with Gasteiger partial charge in [-0.15, -0.1) is 0 Å². The van der Waals surface area contributed by atoms with Crippen LogP contribution in [0.4, 0.5) is 4.39 Å². The maximum Gasteiger partial charge on any atom is 0.126 e. The average molecular weight is 290 g/mol. The lowest BCUT2D eigenvalue weighted by molar-refractivity contribution is 0.284. The third kappa shape index (κ3) is 3.02. The summed E-state index contributed by atoms with van der Waals surface area (Å²) in [6, 6.07) is 15.4. The lowest BCUT2D eigenvalue weighted by Crippen LogP contribution is -2.39. The molecule has 0 spiro atoms. The molecule has 1 aliphatic rings. The van der Waals surface area contributed by atoms with Gasteiger partial charge < -0.3 is 5.32 Å². The Morgan fingerprint density at radius 2 is 1.90 bits per heavy atom. The van der Waals surface area contributed by atoms with E-state index in [-0.39, 0.29) is 5.82 Å². The normalized spacial score (nSPS) is 21.5. The molecule has 0 heterocycles. The van der Waals surface area contributed by atoms with Crippen molar-refractivity contribution in [2.45, 2.75) is 31.3 Å². The second-order valence-electron chi connectivity index (χ2n) is 5.40. The van der Waals surface area contributed by atoms with Crippen molar-refractivity contribution < 1.29 is 4.39 Å². The molecule has 0 bridgehead atoms. The molecule has 3 heteroatoms. The Hall–Kier alpha value is -1.38. The molecule has 1 nitrogen and oxygen atoms in total. The summed E-state index contributed by atoms with van der Waals surface area (Å²) in [7, 11) is 0. The maximum absolute atomic E-state index is 13.6. The summed E-state index contributed by atoms with van der Waals surface area (Å²) in [5, 5.41) is 4.27. The Morgan fingerprint density at radius 1 is 1.10 bits per heavy atom. The molecule has 3 rings (SSSR count). The summed E-state index contributed by atoms with van der Waals surface area (Å²) in [5.41, 5.74) is 2.04. The highest BCUT2D eigenvalue weighted by Gasteiger charge is 2.31. The third-order valence-corrected chi connectivity index (χ3v) is 4.20. The largest absolute Gasteiger partial charge is 0.310 e. The molecular weight excluding hydrogens is 273 g/mol. The zero-order valence-corrected chi connectivity index (χ0v) is 11.9. The summed E-state index contributed by atoms with van der Waals surface area (Å²) in [6.45, 7) is 0.815. The van der Waals surface area contributed by atoms with Gasteiger partial charge in [-0.3, -0.25) is 0 Å². The predicted octanol–water partition coefficient (Wildman–Crippen LogP) is 4.51. The van der Waals surface area contributed by atoms with Crippen LogP contribution in [0, 0.1) is 5.82 Å². The van der Waals surface area contributed by atoms with Gasteiger partial charge in [-0.25, -0.2) is 4.39 Å². The van der Waals surface area contributed by atoms with Crippen molar-refractivity contribution >= 4 is 11.6 Å². The number of halogens is 2. The smallest absolute Gasteiger partial charge is 0.126 e. The van der Waals surface area contributed by atoms with Crippen molar-refractivity contribution in [3.05, 3.63) is 70.5 Å². The second kappa shape index (κ2) is 5.94. The Morgan fingerprint density at radius 3 is 2.65 bits per heavy atom. The molecule has 2 aromatic carbocycles. The van der Waals surface area contributed by atoms with Crippen LogP contribution < -0.4 is 5.32 Å². The summed E-state index contributed by atoms with van der Waals surface area (Å²) >= 11 is 5.96. The minimum absolute atomic E-state index is 0.0780. The fraction of sp³-hybridized carbons (Fsp3) is 0.294. The van der Waals surface area contributed by atoms with E-state index in [1.807, 2.05) is 30.3 Å². The van der Waals surface area contributed by atoms with Gasteiger partial charge in [0.25, 0.3) is 0 Å². The molecule has 2 aromatic rings. The monoisotopic (exact) mass is 289 g/mol. The summed E-state index contributed by atoms with van der Waals surface area (Å²) in [5.74, 6) is 0.277. The zero-order valence-electron chi connectivity index (χ0n) is 11.2. The fourth-order valence-electron chi connectivity index (χ4n) is 2.75. The minimum atomic E-state index is -0.0780. The van der Waals surface area contributed by atoms with Crippen LogP contribution in [0.2, 0.25) is 5.02 Å². The number of hydrogen-bond donors (Lipinski definition) is 1. The first kappa shape index (κ1) is 13.6. The highest BCUT2D eigenvalue weighted by molar-refractivity contribution is 6.30. The van der Waals surface area contributed by atoms with Crippen molar-refractivity contribution in [2.75, 3.05) is 0 Å². The Balaban J connectivity index is 1.50. The van der Waals surface area contributed by atoms with Gasteiger partial charge >= 0.3 is 0 Å². The van der Waals surface area contributed by atoms with Crippen LogP contribution >= 0.6 is 11.6 Å². The maximum atomic E-state index is 13.6. The van der Waals surface area contributed by atoms with Crippen LogP contribution in [-0.4, -0.2) is 6.04 Å². The molecule has 1 N–H and O–H groups in total. The van der Waals surface area contributed by atoms with E-state index < -0.39 is 0 Å². The van der Waals surface area contributed by atoms with Gasteiger partial charge in [-0.1, -0.05) is 41.9 Å². The number of rotatable bonds is 4. The Kier molecular flexibility index (Phi) is 4.04. The number of benzene rings is 2.